The van der Waals surface area contributed by atoms with E-state index in [1.54, 1.807) is 6.92 Å². The summed E-state index contributed by atoms with van der Waals surface area (Å²) < 4.78 is 31.3. The molecule has 0 aromatic heterocycles. The SMILES string of the molecule is CCCC(C)OC(=O)O[C@@H](C)CC(N)(Cc1ccc(OC(=O)OCC(C)(C)C)c(OC(=O)OCC(C)(C)C)c1)C(=O)O. The molecular formula is C30H47NO11. The van der Waals surface area contributed by atoms with Crippen molar-refractivity contribution in [1.82, 2.24) is 0 Å². The summed E-state index contributed by atoms with van der Waals surface area (Å²) in [6.45, 7) is 16.5. The van der Waals surface area contributed by atoms with Crippen molar-refractivity contribution in [3.05, 3.63) is 23.8 Å². The fraction of sp³-hybridized carbons (Fsp3) is 0.667. The van der Waals surface area contributed by atoms with Crippen molar-refractivity contribution in [3.63, 3.8) is 0 Å². The molecule has 3 N–H and O–H groups in total. The van der Waals surface area contributed by atoms with Crippen LogP contribution < -0.4 is 15.2 Å². The smallest absolute Gasteiger partial charge is 0.480 e. The molecule has 0 aliphatic heterocycles. The molecule has 238 valence electrons. The maximum atomic E-state index is 12.4. The van der Waals surface area contributed by atoms with Crippen LogP contribution in [0.25, 0.3) is 0 Å². The number of aliphatic carboxylic acids is 1. The van der Waals surface area contributed by atoms with Crippen LogP contribution in [0.4, 0.5) is 14.4 Å². The number of carboxylic acid groups (broad SMARTS) is 1. The van der Waals surface area contributed by atoms with Crippen LogP contribution in [0.5, 0.6) is 11.5 Å². The van der Waals surface area contributed by atoms with Crippen LogP contribution in [0, 0.1) is 10.8 Å². The van der Waals surface area contributed by atoms with Crippen LogP contribution in [-0.4, -0.2) is 60.5 Å². The predicted octanol–water partition coefficient (Wildman–Crippen LogP) is 6.25. The van der Waals surface area contributed by atoms with Crippen LogP contribution in [0.1, 0.15) is 87.1 Å². The van der Waals surface area contributed by atoms with Crippen LogP contribution in [-0.2, 0) is 30.2 Å². The highest BCUT2D eigenvalue weighted by Gasteiger charge is 2.37. The standard InChI is InChI=1S/C30H47NO11/c1-10-11-19(2)39-27(36)40-20(3)15-30(31,24(32)33)16-21-12-13-22(41-25(34)37-17-28(4,5)6)23(14-21)42-26(35)38-18-29(7,8)9/h12-14,19-20H,10-11,15-18,31H2,1-9H3,(H,32,33)/t19?,20-,30?/m0/s1. The molecule has 1 aromatic rings. The summed E-state index contributed by atoms with van der Waals surface area (Å²) in [6.07, 6.45) is -3.26. The van der Waals surface area contributed by atoms with E-state index in [1.165, 1.54) is 25.1 Å². The lowest BCUT2D eigenvalue weighted by atomic mass is 9.86. The van der Waals surface area contributed by atoms with Gasteiger partial charge in [-0.3, -0.25) is 4.79 Å². The molecule has 0 amide bonds. The Kier molecular flexibility index (Phi) is 13.6. The zero-order valence-corrected chi connectivity index (χ0v) is 26.2. The molecule has 42 heavy (non-hydrogen) atoms. The number of benzene rings is 1. The first kappa shape index (κ1) is 36.5. The van der Waals surface area contributed by atoms with Gasteiger partial charge in [-0.05, 0) is 48.8 Å². The van der Waals surface area contributed by atoms with Crippen molar-refractivity contribution in [2.24, 2.45) is 16.6 Å². The third kappa shape index (κ3) is 14.4. The number of ether oxygens (including phenoxy) is 6. The van der Waals surface area contributed by atoms with Gasteiger partial charge in [0.2, 0.25) is 0 Å². The van der Waals surface area contributed by atoms with Crippen LogP contribution in [0.3, 0.4) is 0 Å². The molecule has 0 saturated heterocycles. The summed E-state index contributed by atoms with van der Waals surface area (Å²) >= 11 is 0. The zero-order chi connectivity index (χ0) is 32.3. The fourth-order valence-electron chi connectivity index (χ4n) is 3.59. The van der Waals surface area contributed by atoms with Gasteiger partial charge >= 0.3 is 24.4 Å². The first-order valence-corrected chi connectivity index (χ1v) is 13.9. The van der Waals surface area contributed by atoms with Crippen molar-refractivity contribution in [3.8, 4) is 11.5 Å². The first-order chi connectivity index (χ1) is 19.2. The molecule has 12 nitrogen and oxygen atoms in total. The highest BCUT2D eigenvalue weighted by Crippen LogP contribution is 2.32. The van der Waals surface area contributed by atoms with E-state index in [0.29, 0.717) is 12.0 Å². The Labute approximate surface area is 248 Å². The third-order valence-corrected chi connectivity index (χ3v) is 5.53. The van der Waals surface area contributed by atoms with E-state index in [1.807, 2.05) is 48.5 Å². The zero-order valence-electron chi connectivity index (χ0n) is 26.2. The maximum absolute atomic E-state index is 12.4. The number of carboxylic acids is 1. The normalized spacial score (nSPS) is 14.5. The van der Waals surface area contributed by atoms with E-state index in [9.17, 15) is 24.3 Å². The molecule has 0 aliphatic rings. The minimum Gasteiger partial charge on any atom is -0.480 e. The lowest BCUT2D eigenvalue weighted by Crippen LogP contribution is -2.52. The fourth-order valence-corrected chi connectivity index (χ4v) is 3.59. The Morgan fingerprint density at radius 2 is 1.31 bits per heavy atom. The predicted molar refractivity (Wildman–Crippen MR) is 154 cm³/mol. The molecule has 0 radical (unpaired) electrons. The summed E-state index contributed by atoms with van der Waals surface area (Å²) in [4.78, 5) is 49.1. The Balaban J connectivity index is 3.16. The number of carbonyl (C=O) groups is 4. The van der Waals surface area contributed by atoms with Crippen molar-refractivity contribution < 1.29 is 52.7 Å². The number of carbonyl (C=O) groups excluding carboxylic acids is 3. The minimum atomic E-state index is -1.88. The molecule has 0 saturated carbocycles. The van der Waals surface area contributed by atoms with Crippen molar-refractivity contribution >= 4 is 24.4 Å². The van der Waals surface area contributed by atoms with E-state index >= 15 is 0 Å². The monoisotopic (exact) mass is 597 g/mol. The van der Waals surface area contributed by atoms with Crippen molar-refractivity contribution in [1.29, 1.82) is 0 Å². The van der Waals surface area contributed by atoms with Gasteiger partial charge < -0.3 is 39.3 Å². The molecule has 1 aromatic carbocycles. The van der Waals surface area contributed by atoms with E-state index in [2.05, 4.69) is 0 Å². The summed E-state index contributed by atoms with van der Waals surface area (Å²) in [5.74, 6) is -1.70. The van der Waals surface area contributed by atoms with Gasteiger partial charge in [0.15, 0.2) is 11.5 Å². The van der Waals surface area contributed by atoms with Gasteiger partial charge in [0.1, 0.15) is 17.7 Å². The summed E-state index contributed by atoms with van der Waals surface area (Å²) in [5.41, 5.74) is 4.08. The molecule has 3 atom stereocenters. The molecule has 0 spiro atoms. The van der Waals surface area contributed by atoms with Gasteiger partial charge in [0.05, 0.1) is 13.2 Å². The van der Waals surface area contributed by atoms with E-state index in [0.717, 1.165) is 6.42 Å². The molecule has 2 unspecified atom stereocenters. The van der Waals surface area contributed by atoms with Crippen LogP contribution in [0.15, 0.2) is 18.2 Å². The lowest BCUT2D eigenvalue weighted by Gasteiger charge is -2.28. The second-order valence-corrected chi connectivity index (χ2v) is 12.9. The first-order valence-electron chi connectivity index (χ1n) is 13.9. The van der Waals surface area contributed by atoms with Gasteiger partial charge in [-0.1, -0.05) is 61.0 Å². The molecule has 0 aliphatic carbocycles. The maximum Gasteiger partial charge on any atom is 0.513 e. The third-order valence-electron chi connectivity index (χ3n) is 5.53. The van der Waals surface area contributed by atoms with Gasteiger partial charge in [-0.15, -0.1) is 0 Å². The Hall–Kier alpha value is -3.54. The summed E-state index contributed by atoms with van der Waals surface area (Å²) in [5, 5.41) is 9.96. The number of hydrogen-bond acceptors (Lipinski definition) is 11. The van der Waals surface area contributed by atoms with E-state index < -0.39 is 36.1 Å². The molecule has 0 bridgehead atoms. The summed E-state index contributed by atoms with van der Waals surface area (Å²) in [6, 6.07) is 4.12. The van der Waals surface area contributed by atoms with Crippen LogP contribution in [0.2, 0.25) is 0 Å². The van der Waals surface area contributed by atoms with Gasteiger partial charge in [0, 0.05) is 12.8 Å². The molecule has 12 heteroatoms. The average molecular weight is 598 g/mol. The molecule has 1 rings (SSSR count). The number of rotatable bonds is 13. The Bertz CT molecular complexity index is 1070. The molecule has 0 fully saturated rings. The Morgan fingerprint density at radius 3 is 1.79 bits per heavy atom. The average Bonchev–Trinajstić information content (AvgIpc) is 2.82. The minimum absolute atomic E-state index is 0.0534. The van der Waals surface area contributed by atoms with Gasteiger partial charge in [-0.25, -0.2) is 14.4 Å². The van der Waals surface area contributed by atoms with E-state index in [4.69, 9.17) is 34.2 Å². The second kappa shape index (κ2) is 15.6. The molecule has 0 heterocycles. The number of hydrogen-bond donors (Lipinski definition) is 2. The Morgan fingerprint density at radius 1 is 0.810 bits per heavy atom. The highest BCUT2D eigenvalue weighted by molar-refractivity contribution is 5.79. The van der Waals surface area contributed by atoms with E-state index in [-0.39, 0.29) is 54.5 Å². The van der Waals surface area contributed by atoms with Crippen molar-refractivity contribution in [2.45, 2.75) is 106 Å². The lowest BCUT2D eigenvalue weighted by molar-refractivity contribution is -0.144. The van der Waals surface area contributed by atoms with Gasteiger partial charge in [0.25, 0.3) is 0 Å². The molecular weight excluding hydrogens is 550 g/mol. The highest BCUT2D eigenvalue weighted by atomic mass is 16.7. The largest absolute Gasteiger partial charge is 0.513 e. The second-order valence-electron chi connectivity index (χ2n) is 12.9. The van der Waals surface area contributed by atoms with Gasteiger partial charge in [-0.2, -0.15) is 0 Å². The van der Waals surface area contributed by atoms with Crippen LogP contribution >= 0.6 is 0 Å². The topological polar surface area (TPSA) is 170 Å². The van der Waals surface area contributed by atoms with Crippen molar-refractivity contribution in [2.75, 3.05) is 13.2 Å². The quantitative estimate of drug-likeness (QED) is 0.149. The number of nitrogens with two attached hydrogens (primary N) is 1. The summed E-state index contributed by atoms with van der Waals surface area (Å²) in [7, 11) is 0.